The Kier molecular flexibility index (Phi) is 5.06. The Morgan fingerprint density at radius 1 is 1.32 bits per heavy atom. The van der Waals surface area contributed by atoms with Gasteiger partial charge in [-0.25, -0.2) is 9.78 Å². The molecular formula is C17H15ClN2O4S. The first-order valence-electron chi connectivity index (χ1n) is 7.57. The summed E-state index contributed by atoms with van der Waals surface area (Å²) in [5.41, 5.74) is 0.279. The molecule has 0 amide bonds. The number of aromatic nitrogens is 2. The number of esters is 1. The summed E-state index contributed by atoms with van der Waals surface area (Å²) in [5.74, 6) is 0.548. The lowest BCUT2D eigenvalue weighted by Crippen LogP contribution is -2.13. The number of ether oxygens (including phenoxy) is 2. The summed E-state index contributed by atoms with van der Waals surface area (Å²) in [6.45, 7) is 3.82. The van der Waals surface area contributed by atoms with E-state index in [4.69, 9.17) is 21.1 Å². The van der Waals surface area contributed by atoms with Gasteiger partial charge in [-0.1, -0.05) is 11.6 Å². The summed E-state index contributed by atoms with van der Waals surface area (Å²) in [6.07, 6.45) is 0. The quantitative estimate of drug-likeness (QED) is 0.684. The van der Waals surface area contributed by atoms with E-state index in [1.54, 1.807) is 38.1 Å². The zero-order valence-corrected chi connectivity index (χ0v) is 15.2. The maximum absolute atomic E-state index is 12.4. The molecular weight excluding hydrogens is 364 g/mol. The number of aryl methyl sites for hydroxylation is 1. The molecule has 3 rings (SSSR count). The molecule has 0 fully saturated rings. The topological polar surface area (TPSA) is 81.3 Å². The van der Waals surface area contributed by atoms with Crippen molar-refractivity contribution in [1.29, 1.82) is 0 Å². The third-order valence-electron chi connectivity index (χ3n) is 3.50. The fourth-order valence-corrected chi connectivity index (χ4v) is 3.55. The molecule has 0 aliphatic rings. The van der Waals surface area contributed by atoms with Gasteiger partial charge in [0.15, 0.2) is 0 Å². The van der Waals surface area contributed by atoms with Crippen LogP contribution in [0.1, 0.15) is 28.0 Å². The van der Waals surface area contributed by atoms with Crippen LogP contribution >= 0.6 is 22.9 Å². The number of benzene rings is 1. The van der Waals surface area contributed by atoms with Crippen molar-refractivity contribution in [3.05, 3.63) is 55.9 Å². The summed E-state index contributed by atoms with van der Waals surface area (Å²) in [6, 6.07) is 6.88. The Morgan fingerprint density at radius 3 is 2.72 bits per heavy atom. The lowest BCUT2D eigenvalue weighted by Gasteiger charge is -2.05. The minimum atomic E-state index is -0.443. The number of carbonyl (C=O) groups is 1. The number of hydrogen-bond acceptors (Lipinski definition) is 6. The van der Waals surface area contributed by atoms with E-state index >= 15 is 0 Å². The maximum Gasteiger partial charge on any atom is 0.348 e. The van der Waals surface area contributed by atoms with Crippen LogP contribution in [0.2, 0.25) is 5.02 Å². The van der Waals surface area contributed by atoms with Crippen LogP contribution in [0.5, 0.6) is 5.75 Å². The Labute approximate surface area is 152 Å². The van der Waals surface area contributed by atoms with Gasteiger partial charge >= 0.3 is 5.97 Å². The summed E-state index contributed by atoms with van der Waals surface area (Å²) < 4.78 is 10.6. The lowest BCUT2D eigenvalue weighted by atomic mass is 10.2. The lowest BCUT2D eigenvalue weighted by molar-refractivity contribution is 0.0531. The molecule has 0 aliphatic heterocycles. The van der Waals surface area contributed by atoms with Gasteiger partial charge in [0.1, 0.15) is 27.9 Å². The second kappa shape index (κ2) is 7.25. The molecule has 25 heavy (non-hydrogen) atoms. The first kappa shape index (κ1) is 17.4. The summed E-state index contributed by atoms with van der Waals surface area (Å²) in [7, 11) is 0. The molecule has 1 N–H and O–H groups in total. The van der Waals surface area contributed by atoms with Crippen molar-refractivity contribution >= 4 is 39.1 Å². The summed E-state index contributed by atoms with van der Waals surface area (Å²) in [5, 5.41) is 1.02. The van der Waals surface area contributed by atoms with Crippen molar-refractivity contribution in [3.63, 3.8) is 0 Å². The van der Waals surface area contributed by atoms with Crippen molar-refractivity contribution in [3.8, 4) is 5.75 Å². The molecule has 2 heterocycles. The van der Waals surface area contributed by atoms with Gasteiger partial charge in [-0.3, -0.25) is 4.79 Å². The number of halogens is 1. The number of aromatic amines is 1. The van der Waals surface area contributed by atoms with E-state index in [0.29, 0.717) is 37.3 Å². The van der Waals surface area contributed by atoms with Crippen molar-refractivity contribution in [2.45, 2.75) is 20.5 Å². The highest BCUT2D eigenvalue weighted by molar-refractivity contribution is 7.20. The molecule has 8 heteroatoms. The number of hydrogen-bond donors (Lipinski definition) is 1. The predicted octanol–water partition coefficient (Wildman–Crippen LogP) is 3.70. The van der Waals surface area contributed by atoms with E-state index < -0.39 is 5.97 Å². The first-order valence-corrected chi connectivity index (χ1v) is 8.76. The van der Waals surface area contributed by atoms with Gasteiger partial charge in [-0.2, -0.15) is 0 Å². The first-order chi connectivity index (χ1) is 12.0. The molecule has 0 aliphatic carbocycles. The molecule has 0 saturated heterocycles. The van der Waals surface area contributed by atoms with Crippen LogP contribution in [-0.2, 0) is 11.3 Å². The summed E-state index contributed by atoms with van der Waals surface area (Å²) in [4.78, 5) is 32.3. The standard InChI is InChI=1S/C17H15ClN2O4S/c1-3-23-17(22)14-9(2)13-15(21)19-12(20-16(13)25-14)8-24-11-6-4-10(18)5-7-11/h4-7H,3,8H2,1-2H3,(H,19,20,21). The van der Waals surface area contributed by atoms with E-state index in [-0.39, 0.29) is 18.8 Å². The molecule has 2 aromatic heterocycles. The minimum absolute atomic E-state index is 0.0957. The monoisotopic (exact) mass is 378 g/mol. The van der Waals surface area contributed by atoms with Crippen LogP contribution in [0.4, 0.5) is 0 Å². The highest BCUT2D eigenvalue weighted by Crippen LogP contribution is 2.27. The molecule has 130 valence electrons. The smallest absolute Gasteiger partial charge is 0.348 e. The largest absolute Gasteiger partial charge is 0.486 e. The number of nitrogens with zero attached hydrogens (tertiary/aromatic N) is 1. The molecule has 0 radical (unpaired) electrons. The number of thiophene rings is 1. The van der Waals surface area contributed by atoms with Crippen LogP contribution in [0.3, 0.4) is 0 Å². The van der Waals surface area contributed by atoms with Crippen LogP contribution in [0, 0.1) is 6.92 Å². The van der Waals surface area contributed by atoms with Crippen LogP contribution in [0.15, 0.2) is 29.1 Å². The van der Waals surface area contributed by atoms with E-state index in [2.05, 4.69) is 9.97 Å². The third kappa shape index (κ3) is 3.67. The van der Waals surface area contributed by atoms with Crippen LogP contribution in [-0.4, -0.2) is 22.5 Å². The van der Waals surface area contributed by atoms with Gasteiger partial charge in [-0.05, 0) is 43.7 Å². The van der Waals surface area contributed by atoms with Crippen molar-refractivity contribution in [2.24, 2.45) is 0 Å². The summed E-state index contributed by atoms with van der Waals surface area (Å²) >= 11 is 6.97. The molecule has 0 saturated carbocycles. The molecule has 6 nitrogen and oxygen atoms in total. The van der Waals surface area contributed by atoms with E-state index in [9.17, 15) is 9.59 Å². The highest BCUT2D eigenvalue weighted by Gasteiger charge is 2.20. The van der Waals surface area contributed by atoms with E-state index in [1.807, 2.05) is 0 Å². The number of carbonyl (C=O) groups excluding carboxylic acids is 1. The Balaban J connectivity index is 1.89. The number of nitrogens with one attached hydrogen (secondary N) is 1. The maximum atomic E-state index is 12.4. The minimum Gasteiger partial charge on any atom is -0.486 e. The Morgan fingerprint density at radius 2 is 2.04 bits per heavy atom. The van der Waals surface area contributed by atoms with Gasteiger partial charge in [0.2, 0.25) is 0 Å². The van der Waals surface area contributed by atoms with Gasteiger partial charge in [0.05, 0.1) is 12.0 Å². The van der Waals surface area contributed by atoms with Crippen LogP contribution in [0.25, 0.3) is 10.2 Å². The molecule has 1 aromatic carbocycles. The fourth-order valence-electron chi connectivity index (χ4n) is 2.33. The zero-order valence-electron chi connectivity index (χ0n) is 13.6. The Hall–Kier alpha value is -2.38. The van der Waals surface area contributed by atoms with Gasteiger partial charge in [0.25, 0.3) is 5.56 Å². The number of H-pyrrole nitrogens is 1. The predicted molar refractivity (Wildman–Crippen MR) is 96.7 cm³/mol. The fraction of sp³-hybridized carbons (Fsp3) is 0.235. The van der Waals surface area contributed by atoms with E-state index in [0.717, 1.165) is 11.3 Å². The van der Waals surface area contributed by atoms with Crippen molar-refractivity contribution in [1.82, 2.24) is 9.97 Å². The average molecular weight is 379 g/mol. The number of fused-ring (bicyclic) bond motifs is 1. The number of rotatable bonds is 5. The Bertz CT molecular complexity index is 979. The molecule has 0 atom stereocenters. The van der Waals surface area contributed by atoms with Gasteiger partial charge in [-0.15, -0.1) is 11.3 Å². The second-order valence-electron chi connectivity index (χ2n) is 5.21. The average Bonchev–Trinajstić information content (AvgIpc) is 2.92. The van der Waals surface area contributed by atoms with Crippen LogP contribution < -0.4 is 10.3 Å². The van der Waals surface area contributed by atoms with E-state index in [1.165, 1.54) is 0 Å². The highest BCUT2D eigenvalue weighted by atomic mass is 35.5. The SMILES string of the molecule is CCOC(=O)c1sc2nc(COc3ccc(Cl)cc3)[nH]c(=O)c2c1C. The normalized spacial score (nSPS) is 10.8. The molecule has 0 unspecified atom stereocenters. The third-order valence-corrected chi connectivity index (χ3v) is 4.92. The molecule has 3 aromatic rings. The van der Waals surface area contributed by atoms with Gasteiger partial charge in [0, 0.05) is 5.02 Å². The van der Waals surface area contributed by atoms with Gasteiger partial charge < -0.3 is 14.5 Å². The van der Waals surface area contributed by atoms with Crippen molar-refractivity contribution in [2.75, 3.05) is 6.61 Å². The molecule has 0 spiro atoms. The van der Waals surface area contributed by atoms with Crippen molar-refractivity contribution < 1.29 is 14.3 Å². The zero-order chi connectivity index (χ0) is 18.0. The second-order valence-corrected chi connectivity index (χ2v) is 6.65. The molecule has 0 bridgehead atoms.